The van der Waals surface area contributed by atoms with Gasteiger partial charge in [0, 0.05) is 30.5 Å². The van der Waals surface area contributed by atoms with Gasteiger partial charge >= 0.3 is 0 Å². The summed E-state index contributed by atoms with van der Waals surface area (Å²) in [5.41, 5.74) is 3.95. The number of aromatic nitrogens is 1. The Hall–Kier alpha value is -2.03. The van der Waals surface area contributed by atoms with Gasteiger partial charge in [0.05, 0.1) is 5.56 Å². The minimum Gasteiger partial charge on any atom is -0.352 e. The molecule has 0 aliphatic rings. The second-order valence-electron chi connectivity index (χ2n) is 7.02. The molecule has 0 radical (unpaired) electrons. The highest BCUT2D eigenvalue weighted by Gasteiger charge is 2.20. The van der Waals surface area contributed by atoms with E-state index < -0.39 is 0 Å². The lowest BCUT2D eigenvalue weighted by atomic mass is 10.0. The normalized spacial score (nSPS) is 11.3. The first-order valence-corrected chi connectivity index (χ1v) is 8.43. The number of hydrogen-bond acceptors (Lipinski definition) is 1. The molecule has 0 unspecified atom stereocenters. The van der Waals surface area contributed by atoms with Gasteiger partial charge < -0.3 is 9.88 Å². The van der Waals surface area contributed by atoms with E-state index in [2.05, 4.69) is 55.9 Å². The molecule has 0 saturated heterocycles. The van der Waals surface area contributed by atoms with Crippen molar-refractivity contribution in [2.75, 3.05) is 6.54 Å². The lowest BCUT2D eigenvalue weighted by Gasteiger charge is -2.11. The van der Waals surface area contributed by atoms with Crippen LogP contribution in [0, 0.1) is 18.8 Å². The molecule has 124 valence electrons. The average Bonchev–Trinajstić information content (AvgIpc) is 2.82. The van der Waals surface area contributed by atoms with E-state index in [1.165, 1.54) is 0 Å². The summed E-state index contributed by atoms with van der Waals surface area (Å²) in [5, 5.41) is 3.06. The molecule has 1 amide bonds. The number of amides is 1. The molecule has 2 aromatic rings. The lowest BCUT2D eigenvalue weighted by molar-refractivity contribution is 0.0949. The summed E-state index contributed by atoms with van der Waals surface area (Å²) in [7, 11) is 0. The van der Waals surface area contributed by atoms with Gasteiger partial charge in [0.15, 0.2) is 0 Å². The van der Waals surface area contributed by atoms with Gasteiger partial charge in [-0.3, -0.25) is 4.79 Å². The van der Waals surface area contributed by atoms with Crippen molar-refractivity contribution in [1.82, 2.24) is 9.88 Å². The molecule has 23 heavy (non-hydrogen) atoms. The van der Waals surface area contributed by atoms with E-state index in [0.717, 1.165) is 28.9 Å². The second-order valence-corrected chi connectivity index (χ2v) is 7.02. The fourth-order valence-corrected chi connectivity index (χ4v) is 2.75. The van der Waals surface area contributed by atoms with Crippen LogP contribution in [0.5, 0.6) is 0 Å². The number of benzene rings is 1. The maximum atomic E-state index is 12.7. The van der Waals surface area contributed by atoms with Crippen LogP contribution in [-0.2, 0) is 6.54 Å². The van der Waals surface area contributed by atoms with Crippen LogP contribution in [0.25, 0.3) is 11.1 Å². The van der Waals surface area contributed by atoms with Crippen molar-refractivity contribution in [3.05, 3.63) is 47.8 Å². The number of hydrogen-bond donors (Lipinski definition) is 1. The Morgan fingerprint density at radius 1 is 1.09 bits per heavy atom. The van der Waals surface area contributed by atoms with Crippen molar-refractivity contribution in [2.24, 2.45) is 11.8 Å². The average molecular weight is 312 g/mol. The molecule has 3 heteroatoms. The molecular weight excluding hydrogens is 284 g/mol. The number of rotatable bonds is 6. The molecule has 1 aromatic heterocycles. The zero-order chi connectivity index (χ0) is 17.0. The minimum absolute atomic E-state index is 0.0255. The van der Waals surface area contributed by atoms with Crippen LogP contribution in [-0.4, -0.2) is 17.0 Å². The summed E-state index contributed by atoms with van der Waals surface area (Å²) < 4.78 is 2.21. The maximum absolute atomic E-state index is 12.7. The molecular formula is C20H28N2O. The Balaban J connectivity index is 2.45. The van der Waals surface area contributed by atoms with Crippen LogP contribution in [0.3, 0.4) is 0 Å². The van der Waals surface area contributed by atoms with E-state index in [0.29, 0.717) is 18.4 Å². The lowest BCUT2D eigenvalue weighted by Crippen LogP contribution is -2.28. The van der Waals surface area contributed by atoms with E-state index >= 15 is 0 Å². The van der Waals surface area contributed by atoms with Crippen LogP contribution >= 0.6 is 0 Å². The van der Waals surface area contributed by atoms with Gasteiger partial charge in [-0.15, -0.1) is 0 Å². The van der Waals surface area contributed by atoms with Crippen LogP contribution < -0.4 is 5.32 Å². The van der Waals surface area contributed by atoms with Gasteiger partial charge in [0.2, 0.25) is 0 Å². The predicted octanol–water partition coefficient (Wildman–Crippen LogP) is 4.51. The monoisotopic (exact) mass is 312 g/mol. The van der Waals surface area contributed by atoms with Crippen molar-refractivity contribution in [1.29, 1.82) is 0 Å². The molecule has 0 aliphatic heterocycles. The van der Waals surface area contributed by atoms with Crippen molar-refractivity contribution in [3.63, 3.8) is 0 Å². The van der Waals surface area contributed by atoms with E-state index in [-0.39, 0.29) is 5.91 Å². The van der Waals surface area contributed by atoms with E-state index in [1.54, 1.807) is 0 Å². The van der Waals surface area contributed by atoms with Gasteiger partial charge in [0.1, 0.15) is 0 Å². The summed E-state index contributed by atoms with van der Waals surface area (Å²) in [6, 6.07) is 10.2. The predicted molar refractivity (Wildman–Crippen MR) is 96.6 cm³/mol. The van der Waals surface area contributed by atoms with E-state index in [4.69, 9.17) is 0 Å². The summed E-state index contributed by atoms with van der Waals surface area (Å²) >= 11 is 0. The van der Waals surface area contributed by atoms with Gasteiger partial charge in [-0.2, -0.15) is 0 Å². The highest BCUT2D eigenvalue weighted by molar-refractivity contribution is 6.02. The third-order valence-corrected chi connectivity index (χ3v) is 3.89. The number of nitrogens with one attached hydrogen (secondary N) is 1. The molecule has 0 saturated carbocycles. The molecule has 3 nitrogen and oxygen atoms in total. The van der Waals surface area contributed by atoms with Crippen LogP contribution in [0.1, 0.15) is 43.7 Å². The molecule has 0 fully saturated rings. The smallest absolute Gasteiger partial charge is 0.253 e. The Bertz CT molecular complexity index is 654. The second kappa shape index (κ2) is 7.49. The fourth-order valence-electron chi connectivity index (χ4n) is 2.75. The zero-order valence-electron chi connectivity index (χ0n) is 14.9. The highest BCUT2D eigenvalue weighted by atomic mass is 16.1. The van der Waals surface area contributed by atoms with Gasteiger partial charge in [-0.05, 0) is 24.3 Å². The van der Waals surface area contributed by atoms with Crippen molar-refractivity contribution in [3.8, 4) is 11.1 Å². The van der Waals surface area contributed by atoms with Crippen LogP contribution in [0.2, 0.25) is 0 Å². The molecule has 1 heterocycles. The Labute approximate surface area is 139 Å². The van der Waals surface area contributed by atoms with Crippen molar-refractivity contribution in [2.45, 2.75) is 41.2 Å². The number of carbonyl (C=O) groups is 1. The third-order valence-electron chi connectivity index (χ3n) is 3.89. The SMILES string of the molecule is Cc1c(C(=O)NCC(C)C)c(-c2ccccc2)cn1CC(C)C. The van der Waals surface area contributed by atoms with Crippen molar-refractivity contribution < 1.29 is 4.79 Å². The third kappa shape index (κ3) is 4.25. The molecule has 1 aromatic carbocycles. The van der Waals surface area contributed by atoms with Gasteiger partial charge in [0.25, 0.3) is 5.91 Å². The van der Waals surface area contributed by atoms with Crippen molar-refractivity contribution >= 4 is 5.91 Å². The topological polar surface area (TPSA) is 34.0 Å². The van der Waals surface area contributed by atoms with Crippen LogP contribution in [0.4, 0.5) is 0 Å². The first kappa shape index (κ1) is 17.3. The first-order chi connectivity index (χ1) is 10.9. The number of nitrogens with zero attached hydrogens (tertiary/aromatic N) is 1. The summed E-state index contributed by atoms with van der Waals surface area (Å²) in [4.78, 5) is 12.7. The molecule has 0 atom stereocenters. The molecule has 0 bridgehead atoms. The summed E-state index contributed by atoms with van der Waals surface area (Å²) in [6.07, 6.45) is 2.12. The largest absolute Gasteiger partial charge is 0.352 e. The quantitative estimate of drug-likeness (QED) is 0.837. The Morgan fingerprint density at radius 3 is 2.30 bits per heavy atom. The number of carbonyl (C=O) groups excluding carboxylic acids is 1. The first-order valence-electron chi connectivity index (χ1n) is 8.43. The van der Waals surface area contributed by atoms with Gasteiger partial charge in [-0.25, -0.2) is 0 Å². The molecule has 1 N–H and O–H groups in total. The molecule has 0 aliphatic carbocycles. The van der Waals surface area contributed by atoms with E-state index in [1.807, 2.05) is 25.1 Å². The molecule has 0 spiro atoms. The van der Waals surface area contributed by atoms with Gasteiger partial charge in [-0.1, -0.05) is 58.0 Å². The Kier molecular flexibility index (Phi) is 5.64. The standard InChI is InChI=1S/C20H28N2O/c1-14(2)11-21-20(23)19-16(5)22(12-15(3)4)13-18(19)17-9-7-6-8-10-17/h6-10,13-15H,11-12H2,1-5H3,(H,21,23). The maximum Gasteiger partial charge on any atom is 0.253 e. The summed E-state index contributed by atoms with van der Waals surface area (Å²) in [6.45, 7) is 12.3. The molecule has 2 rings (SSSR count). The highest BCUT2D eigenvalue weighted by Crippen LogP contribution is 2.28. The zero-order valence-corrected chi connectivity index (χ0v) is 14.9. The fraction of sp³-hybridized carbons (Fsp3) is 0.450. The minimum atomic E-state index is 0.0255. The van der Waals surface area contributed by atoms with E-state index in [9.17, 15) is 4.79 Å². The Morgan fingerprint density at radius 2 is 1.74 bits per heavy atom. The summed E-state index contributed by atoms with van der Waals surface area (Å²) in [5.74, 6) is 1.01. The van der Waals surface area contributed by atoms with Crippen LogP contribution in [0.15, 0.2) is 36.5 Å².